The number of carbonyl (C=O) groups excluding carboxylic acids is 1. The zero-order valence-electron chi connectivity index (χ0n) is 14.2. The minimum Gasteiger partial charge on any atom is -0.492 e. The molecule has 2 aromatic carbocycles. The van der Waals surface area contributed by atoms with Crippen LogP contribution in [0, 0.1) is 11.3 Å². The van der Waals surface area contributed by atoms with Crippen LogP contribution < -0.4 is 10.1 Å². The first-order valence-electron chi connectivity index (χ1n) is 8.23. The van der Waals surface area contributed by atoms with Crippen molar-refractivity contribution in [2.75, 3.05) is 11.9 Å². The lowest BCUT2D eigenvalue weighted by Gasteiger charge is -2.12. The number of anilines is 1. The Morgan fingerprint density at radius 2 is 1.92 bits per heavy atom. The molecule has 24 heavy (non-hydrogen) atoms. The quantitative estimate of drug-likeness (QED) is 0.818. The Bertz CT molecular complexity index is 743. The molecule has 0 bridgehead atoms. The Kier molecular flexibility index (Phi) is 4.55. The molecular weight excluding hydrogens is 322 g/mol. The van der Waals surface area contributed by atoms with Gasteiger partial charge in [0.05, 0.1) is 18.2 Å². The number of carbonyl (C=O) groups is 1. The predicted molar refractivity (Wildman–Crippen MR) is 97.7 cm³/mol. The molecule has 0 radical (unpaired) electrons. The molecule has 2 aromatic rings. The maximum Gasteiger partial charge on any atom is 0.228 e. The minimum atomic E-state index is -0.0617. The monoisotopic (exact) mass is 343 g/mol. The Morgan fingerprint density at radius 3 is 2.58 bits per heavy atom. The molecular formula is C20H22ClNO2. The van der Waals surface area contributed by atoms with Gasteiger partial charge in [-0.25, -0.2) is 0 Å². The van der Waals surface area contributed by atoms with E-state index < -0.39 is 0 Å². The first-order chi connectivity index (χ1) is 11.4. The number of ether oxygens (including phenoxy) is 1. The molecule has 0 aliphatic heterocycles. The second-order valence-corrected chi connectivity index (χ2v) is 7.19. The van der Waals surface area contributed by atoms with Gasteiger partial charge in [0.1, 0.15) is 5.75 Å². The fourth-order valence-electron chi connectivity index (χ4n) is 3.50. The van der Waals surface area contributed by atoms with Gasteiger partial charge in [0.15, 0.2) is 0 Å². The molecule has 2 atom stereocenters. The van der Waals surface area contributed by atoms with Gasteiger partial charge < -0.3 is 10.1 Å². The van der Waals surface area contributed by atoms with E-state index in [2.05, 4.69) is 31.3 Å². The highest BCUT2D eigenvalue weighted by atomic mass is 35.5. The van der Waals surface area contributed by atoms with Crippen LogP contribution in [0.25, 0.3) is 0 Å². The van der Waals surface area contributed by atoms with Crippen molar-refractivity contribution < 1.29 is 9.53 Å². The predicted octanol–water partition coefficient (Wildman–Crippen LogP) is 5.12. The van der Waals surface area contributed by atoms with E-state index in [-0.39, 0.29) is 23.2 Å². The minimum absolute atomic E-state index is 0.0112. The smallest absolute Gasteiger partial charge is 0.228 e. The summed E-state index contributed by atoms with van der Waals surface area (Å²) in [7, 11) is 0. The molecule has 1 aliphatic rings. The zero-order valence-corrected chi connectivity index (χ0v) is 14.9. The van der Waals surface area contributed by atoms with E-state index in [9.17, 15) is 4.79 Å². The lowest BCUT2D eigenvalue weighted by Crippen LogP contribution is -2.17. The van der Waals surface area contributed by atoms with E-state index in [1.165, 1.54) is 5.56 Å². The second kappa shape index (κ2) is 6.48. The molecule has 3 nitrogen and oxygen atoms in total. The fourth-order valence-corrected chi connectivity index (χ4v) is 3.67. The maximum atomic E-state index is 12.8. The summed E-state index contributed by atoms with van der Waals surface area (Å²) < 4.78 is 5.58. The largest absolute Gasteiger partial charge is 0.492 e. The average molecular weight is 344 g/mol. The van der Waals surface area contributed by atoms with E-state index in [4.69, 9.17) is 16.3 Å². The van der Waals surface area contributed by atoms with Crippen LogP contribution in [0.1, 0.15) is 32.3 Å². The fraction of sp³-hybridized carbons (Fsp3) is 0.350. The lowest BCUT2D eigenvalue weighted by molar-refractivity contribution is -0.118. The first-order valence-corrected chi connectivity index (χ1v) is 8.61. The number of benzene rings is 2. The van der Waals surface area contributed by atoms with Gasteiger partial charge in [0, 0.05) is 10.9 Å². The number of nitrogens with one attached hydrogen (secondary N) is 1. The Hall–Kier alpha value is -2.00. The van der Waals surface area contributed by atoms with Gasteiger partial charge >= 0.3 is 0 Å². The third-order valence-corrected chi connectivity index (χ3v) is 5.00. The highest BCUT2D eigenvalue weighted by Crippen LogP contribution is 2.64. The van der Waals surface area contributed by atoms with Crippen molar-refractivity contribution >= 4 is 23.2 Å². The van der Waals surface area contributed by atoms with Gasteiger partial charge in [0.2, 0.25) is 5.91 Å². The molecule has 1 fully saturated rings. The Morgan fingerprint density at radius 1 is 1.21 bits per heavy atom. The van der Waals surface area contributed by atoms with Crippen molar-refractivity contribution in [3.8, 4) is 5.75 Å². The molecule has 1 amide bonds. The topological polar surface area (TPSA) is 38.3 Å². The molecule has 1 N–H and O–H groups in total. The van der Waals surface area contributed by atoms with E-state index in [1.54, 1.807) is 18.2 Å². The average Bonchev–Trinajstić information content (AvgIpc) is 3.13. The normalized spacial score (nSPS) is 21.2. The molecule has 0 heterocycles. The number of rotatable bonds is 5. The van der Waals surface area contributed by atoms with E-state index in [0.29, 0.717) is 23.1 Å². The Labute approximate surface area is 148 Å². The summed E-state index contributed by atoms with van der Waals surface area (Å²) in [6.45, 7) is 6.72. The number of hydrogen-bond donors (Lipinski definition) is 1. The molecule has 0 aromatic heterocycles. The highest BCUT2D eigenvalue weighted by molar-refractivity contribution is 6.31. The molecule has 126 valence electrons. The van der Waals surface area contributed by atoms with Crippen molar-refractivity contribution in [3.63, 3.8) is 0 Å². The van der Waals surface area contributed by atoms with Crippen molar-refractivity contribution in [2.45, 2.75) is 26.7 Å². The van der Waals surface area contributed by atoms with Gasteiger partial charge in [-0.1, -0.05) is 55.8 Å². The van der Waals surface area contributed by atoms with Gasteiger partial charge in [-0.15, -0.1) is 0 Å². The van der Waals surface area contributed by atoms with Crippen LogP contribution >= 0.6 is 11.6 Å². The summed E-state index contributed by atoms with van der Waals surface area (Å²) in [5.74, 6) is 0.823. The molecule has 0 spiro atoms. The standard InChI is InChI=1S/C20H22ClNO2/c1-4-24-16-11-10-14(21)12-15(16)22-19(23)18-17(20(18,2)3)13-8-6-5-7-9-13/h5-12,17-18H,4H2,1-3H3,(H,22,23)/t17-,18+/m0/s1. The van der Waals surface area contributed by atoms with E-state index in [0.717, 1.165) is 0 Å². The molecule has 3 rings (SSSR count). The van der Waals surface area contributed by atoms with E-state index >= 15 is 0 Å². The number of halogens is 1. The van der Waals surface area contributed by atoms with Crippen LogP contribution in [0.15, 0.2) is 48.5 Å². The van der Waals surface area contributed by atoms with Gasteiger partial charge in [-0.05, 0) is 36.1 Å². The van der Waals surface area contributed by atoms with Gasteiger partial charge in [0.25, 0.3) is 0 Å². The summed E-state index contributed by atoms with van der Waals surface area (Å²) in [5, 5.41) is 3.58. The first kappa shape index (κ1) is 16.8. The SMILES string of the molecule is CCOc1ccc(Cl)cc1NC(=O)[C@H]1[C@H](c2ccccc2)C1(C)C. The summed E-state index contributed by atoms with van der Waals surface area (Å²) >= 11 is 6.07. The molecule has 0 saturated heterocycles. The maximum absolute atomic E-state index is 12.8. The van der Waals surface area contributed by atoms with Crippen LogP contribution in [0.5, 0.6) is 5.75 Å². The number of amides is 1. The van der Waals surface area contributed by atoms with Crippen molar-refractivity contribution in [1.29, 1.82) is 0 Å². The lowest BCUT2D eigenvalue weighted by atomic mass is 10.0. The molecule has 4 heteroatoms. The summed E-state index contributed by atoms with van der Waals surface area (Å²) in [6.07, 6.45) is 0. The summed E-state index contributed by atoms with van der Waals surface area (Å²) in [6, 6.07) is 15.5. The van der Waals surface area contributed by atoms with Gasteiger partial charge in [-0.2, -0.15) is 0 Å². The third-order valence-electron chi connectivity index (χ3n) is 4.77. The van der Waals surface area contributed by atoms with Crippen LogP contribution in [0.4, 0.5) is 5.69 Å². The van der Waals surface area contributed by atoms with Crippen LogP contribution in [-0.2, 0) is 4.79 Å². The molecule has 1 saturated carbocycles. The third kappa shape index (κ3) is 3.13. The van der Waals surface area contributed by atoms with Crippen LogP contribution in [0.3, 0.4) is 0 Å². The van der Waals surface area contributed by atoms with Crippen molar-refractivity contribution in [2.24, 2.45) is 11.3 Å². The summed E-state index contributed by atoms with van der Waals surface area (Å²) in [5.41, 5.74) is 1.78. The second-order valence-electron chi connectivity index (χ2n) is 6.75. The molecule has 1 aliphatic carbocycles. The zero-order chi connectivity index (χ0) is 17.3. The highest BCUT2D eigenvalue weighted by Gasteiger charge is 2.62. The van der Waals surface area contributed by atoms with Crippen LogP contribution in [0.2, 0.25) is 5.02 Å². The number of hydrogen-bond acceptors (Lipinski definition) is 2. The van der Waals surface area contributed by atoms with Crippen LogP contribution in [-0.4, -0.2) is 12.5 Å². The molecule has 0 unspecified atom stereocenters. The van der Waals surface area contributed by atoms with Crippen molar-refractivity contribution in [1.82, 2.24) is 0 Å². The Balaban J connectivity index is 1.80. The summed E-state index contributed by atoms with van der Waals surface area (Å²) in [4.78, 5) is 12.8. The van der Waals surface area contributed by atoms with E-state index in [1.807, 2.05) is 25.1 Å². The van der Waals surface area contributed by atoms with Gasteiger partial charge in [-0.3, -0.25) is 4.79 Å². The van der Waals surface area contributed by atoms with Crippen molar-refractivity contribution in [3.05, 3.63) is 59.1 Å².